The number of hydrogen-bond acceptors (Lipinski definition) is 3. The van der Waals surface area contributed by atoms with Gasteiger partial charge in [0.1, 0.15) is 11.3 Å². The zero-order chi connectivity index (χ0) is 19.1. The Balaban J connectivity index is 1.39. The number of aromatic nitrogens is 4. The van der Waals surface area contributed by atoms with Gasteiger partial charge in [0.2, 0.25) is 5.95 Å². The number of fused-ring (bicyclic) bond motifs is 2. The molecule has 6 heteroatoms. The molecule has 2 N–H and O–H groups in total. The van der Waals surface area contributed by atoms with Crippen molar-refractivity contribution >= 4 is 28.5 Å². The Kier molecular flexibility index (Phi) is 4.11. The number of anilines is 1. The third-order valence-corrected chi connectivity index (χ3v) is 5.74. The van der Waals surface area contributed by atoms with Crippen molar-refractivity contribution in [3.05, 3.63) is 59.5 Å². The Hall–Kier alpha value is -3.15. The molecule has 0 unspecified atom stereocenters. The van der Waals surface area contributed by atoms with Crippen LogP contribution in [0.1, 0.15) is 59.8 Å². The lowest BCUT2D eigenvalue weighted by molar-refractivity contribution is 0.102. The number of nitrogens with one attached hydrogen (secondary N) is 2. The van der Waals surface area contributed by atoms with Gasteiger partial charge >= 0.3 is 0 Å². The normalized spacial score (nSPS) is 15.3. The predicted octanol–water partition coefficient (Wildman–Crippen LogP) is 4.82. The molecule has 6 nitrogen and oxygen atoms in total. The SMILES string of the molecule is Cc1cccc2nc(C(=O)Nc3nc4cc(C5CCCCC5)ccc4[nH]3)cn12. The Labute approximate surface area is 163 Å². The van der Waals surface area contributed by atoms with E-state index in [1.165, 1.54) is 37.7 Å². The van der Waals surface area contributed by atoms with Crippen molar-refractivity contribution < 1.29 is 4.79 Å². The van der Waals surface area contributed by atoms with Gasteiger partial charge < -0.3 is 9.38 Å². The van der Waals surface area contributed by atoms with Crippen molar-refractivity contribution in [1.82, 2.24) is 19.4 Å². The van der Waals surface area contributed by atoms with Crippen LogP contribution in [0.15, 0.2) is 42.6 Å². The molecule has 3 aromatic heterocycles. The maximum absolute atomic E-state index is 12.6. The smallest absolute Gasteiger partial charge is 0.278 e. The van der Waals surface area contributed by atoms with E-state index in [1.807, 2.05) is 29.5 Å². The van der Waals surface area contributed by atoms with Crippen molar-refractivity contribution in [2.45, 2.75) is 44.9 Å². The van der Waals surface area contributed by atoms with Crippen molar-refractivity contribution in [3.63, 3.8) is 0 Å². The number of nitrogens with zero attached hydrogens (tertiary/aromatic N) is 3. The standard InChI is InChI=1S/C22H23N5O/c1-14-6-5-9-20-23-19(13-27(14)20)21(28)26-22-24-17-11-10-16(12-18(17)25-22)15-7-3-2-4-8-15/h5-6,9-13,15H,2-4,7-8H2,1H3,(H2,24,25,26,28). The number of aromatic amines is 1. The summed E-state index contributed by atoms with van der Waals surface area (Å²) in [4.78, 5) is 24.8. The summed E-state index contributed by atoms with van der Waals surface area (Å²) in [6.07, 6.45) is 8.23. The molecule has 0 radical (unpaired) electrons. The van der Waals surface area contributed by atoms with Gasteiger partial charge in [0.15, 0.2) is 0 Å². The highest BCUT2D eigenvalue weighted by Gasteiger charge is 2.17. The van der Waals surface area contributed by atoms with E-state index < -0.39 is 0 Å². The maximum atomic E-state index is 12.6. The monoisotopic (exact) mass is 373 g/mol. The summed E-state index contributed by atoms with van der Waals surface area (Å²) in [5.74, 6) is 0.818. The molecule has 3 heterocycles. The Morgan fingerprint density at radius 1 is 1.14 bits per heavy atom. The summed E-state index contributed by atoms with van der Waals surface area (Å²) >= 11 is 0. The average Bonchev–Trinajstić information content (AvgIpc) is 3.32. The van der Waals surface area contributed by atoms with Crippen molar-refractivity contribution in [3.8, 4) is 0 Å². The summed E-state index contributed by atoms with van der Waals surface area (Å²) in [7, 11) is 0. The van der Waals surface area contributed by atoms with Crippen LogP contribution in [0.25, 0.3) is 16.7 Å². The van der Waals surface area contributed by atoms with Crippen LogP contribution >= 0.6 is 0 Å². The molecule has 5 rings (SSSR count). The number of rotatable bonds is 3. The first-order valence-electron chi connectivity index (χ1n) is 9.93. The Morgan fingerprint density at radius 2 is 2.00 bits per heavy atom. The highest BCUT2D eigenvalue weighted by Crippen LogP contribution is 2.33. The van der Waals surface area contributed by atoms with Gasteiger partial charge in [0.05, 0.1) is 11.0 Å². The highest BCUT2D eigenvalue weighted by atomic mass is 16.2. The van der Waals surface area contributed by atoms with Gasteiger partial charge in [-0.1, -0.05) is 31.4 Å². The number of hydrogen-bond donors (Lipinski definition) is 2. The molecule has 1 saturated carbocycles. The molecule has 0 atom stereocenters. The van der Waals surface area contributed by atoms with E-state index in [-0.39, 0.29) is 5.91 Å². The van der Waals surface area contributed by atoms with Gasteiger partial charge in [0.25, 0.3) is 5.91 Å². The summed E-state index contributed by atoms with van der Waals surface area (Å²) in [5.41, 5.74) is 5.34. The van der Waals surface area contributed by atoms with Gasteiger partial charge in [-0.2, -0.15) is 0 Å². The number of carbonyl (C=O) groups excluding carboxylic acids is 1. The summed E-state index contributed by atoms with van der Waals surface area (Å²) in [6, 6.07) is 12.2. The predicted molar refractivity (Wildman–Crippen MR) is 110 cm³/mol. The summed E-state index contributed by atoms with van der Waals surface area (Å²) in [6.45, 7) is 1.99. The number of imidazole rings is 2. The highest BCUT2D eigenvalue weighted by molar-refractivity contribution is 6.03. The number of amides is 1. The second-order valence-corrected chi connectivity index (χ2v) is 7.67. The molecule has 1 aromatic carbocycles. The molecule has 1 aliphatic carbocycles. The van der Waals surface area contributed by atoms with Crippen LogP contribution in [0.4, 0.5) is 5.95 Å². The van der Waals surface area contributed by atoms with Crippen LogP contribution in [0, 0.1) is 6.92 Å². The lowest BCUT2D eigenvalue weighted by Gasteiger charge is -2.21. The average molecular weight is 373 g/mol. The summed E-state index contributed by atoms with van der Waals surface area (Å²) < 4.78 is 1.91. The minimum Gasteiger partial charge on any atom is -0.324 e. The first-order valence-corrected chi connectivity index (χ1v) is 9.93. The van der Waals surface area contributed by atoms with Crippen LogP contribution in [0.2, 0.25) is 0 Å². The lowest BCUT2D eigenvalue weighted by atomic mass is 9.84. The van der Waals surface area contributed by atoms with Crippen molar-refractivity contribution in [1.29, 1.82) is 0 Å². The fourth-order valence-electron chi connectivity index (χ4n) is 4.20. The third kappa shape index (κ3) is 3.05. The van der Waals surface area contributed by atoms with Gasteiger partial charge in [0, 0.05) is 11.9 Å². The zero-order valence-electron chi connectivity index (χ0n) is 15.9. The fourth-order valence-corrected chi connectivity index (χ4v) is 4.20. The molecule has 0 bridgehead atoms. The lowest BCUT2D eigenvalue weighted by Crippen LogP contribution is -2.13. The fraction of sp³-hybridized carbons (Fsp3) is 0.318. The molecular formula is C22H23N5O. The number of aryl methyl sites for hydroxylation is 1. The number of carbonyl (C=O) groups is 1. The van der Waals surface area contributed by atoms with Crippen LogP contribution in [-0.2, 0) is 0 Å². The molecule has 1 fully saturated rings. The molecule has 142 valence electrons. The zero-order valence-corrected chi connectivity index (χ0v) is 15.9. The van der Waals surface area contributed by atoms with Crippen LogP contribution in [0.3, 0.4) is 0 Å². The molecule has 0 aliphatic heterocycles. The van der Waals surface area contributed by atoms with Gasteiger partial charge in [-0.05, 0) is 55.5 Å². The molecule has 0 spiro atoms. The topological polar surface area (TPSA) is 75.1 Å². The van der Waals surface area contributed by atoms with Crippen LogP contribution in [-0.4, -0.2) is 25.3 Å². The minimum atomic E-state index is -0.269. The molecule has 0 saturated heterocycles. The second-order valence-electron chi connectivity index (χ2n) is 7.67. The van der Waals surface area contributed by atoms with Gasteiger partial charge in [-0.15, -0.1) is 0 Å². The van der Waals surface area contributed by atoms with E-state index in [9.17, 15) is 4.79 Å². The third-order valence-electron chi connectivity index (χ3n) is 5.74. The molecular weight excluding hydrogens is 350 g/mol. The van der Waals surface area contributed by atoms with E-state index in [0.717, 1.165) is 22.4 Å². The van der Waals surface area contributed by atoms with Gasteiger partial charge in [-0.25, -0.2) is 9.97 Å². The second kappa shape index (κ2) is 6.78. The van der Waals surface area contributed by atoms with Crippen molar-refractivity contribution in [2.24, 2.45) is 0 Å². The van der Waals surface area contributed by atoms with E-state index >= 15 is 0 Å². The Bertz CT molecular complexity index is 1170. The van der Waals surface area contributed by atoms with Crippen LogP contribution in [0.5, 0.6) is 0 Å². The number of H-pyrrole nitrogens is 1. The largest absolute Gasteiger partial charge is 0.324 e. The Morgan fingerprint density at radius 3 is 2.82 bits per heavy atom. The van der Waals surface area contributed by atoms with E-state index in [2.05, 4.69) is 38.5 Å². The maximum Gasteiger partial charge on any atom is 0.278 e. The molecule has 28 heavy (non-hydrogen) atoms. The minimum absolute atomic E-state index is 0.269. The first kappa shape index (κ1) is 17.0. The first-order chi connectivity index (χ1) is 13.7. The van der Waals surface area contributed by atoms with Gasteiger partial charge in [-0.3, -0.25) is 10.1 Å². The van der Waals surface area contributed by atoms with Crippen LogP contribution < -0.4 is 5.32 Å². The van der Waals surface area contributed by atoms with Crippen molar-refractivity contribution in [2.75, 3.05) is 5.32 Å². The molecule has 4 aromatic rings. The van der Waals surface area contributed by atoms with E-state index in [4.69, 9.17) is 0 Å². The number of pyridine rings is 1. The number of benzene rings is 1. The van der Waals surface area contributed by atoms with E-state index in [1.54, 1.807) is 6.20 Å². The summed E-state index contributed by atoms with van der Waals surface area (Å²) in [5, 5.41) is 2.85. The molecule has 1 amide bonds. The van der Waals surface area contributed by atoms with E-state index in [0.29, 0.717) is 17.6 Å². The molecule has 1 aliphatic rings. The quantitative estimate of drug-likeness (QED) is 0.541.